The van der Waals surface area contributed by atoms with Crippen molar-refractivity contribution in [1.82, 2.24) is 0 Å². The van der Waals surface area contributed by atoms with Crippen LogP contribution in [0.3, 0.4) is 0 Å². The van der Waals surface area contributed by atoms with Gasteiger partial charge in [-0.15, -0.1) is 0 Å². The van der Waals surface area contributed by atoms with Crippen LogP contribution in [0.1, 0.15) is 11.1 Å². The van der Waals surface area contributed by atoms with E-state index in [-0.39, 0.29) is 18.4 Å². The van der Waals surface area contributed by atoms with E-state index in [1.807, 2.05) is 30.3 Å². The smallest absolute Gasteiger partial charge is 0.265 e. The Hall–Kier alpha value is -3.78. The molecule has 3 aromatic rings. The number of carbonyl (C=O) groups excluding carboxylic acids is 2. The number of fused-ring (bicyclic) bond motifs is 1. The first-order valence-electron chi connectivity index (χ1n) is 10.5. The third-order valence-corrected chi connectivity index (χ3v) is 5.79. The number of hydrogen-bond acceptors (Lipinski definition) is 5. The van der Waals surface area contributed by atoms with Crippen molar-refractivity contribution in [3.63, 3.8) is 0 Å². The Morgan fingerprint density at radius 2 is 1.82 bits per heavy atom. The molecule has 1 aliphatic heterocycles. The highest BCUT2D eigenvalue weighted by atomic mass is 79.9. The molecule has 0 aromatic heterocycles. The lowest BCUT2D eigenvalue weighted by Gasteiger charge is -2.30. The summed E-state index contributed by atoms with van der Waals surface area (Å²) in [5, 5.41) is 2.84. The molecule has 4 rings (SSSR count). The SMILES string of the molecule is COc1ccc(/C=C/C(=O)Nc2ccc3c(c2)N(Cc2ccc(Br)cc2)C(=O)CO3)cc1OC. The maximum absolute atomic E-state index is 12.6. The van der Waals surface area contributed by atoms with Crippen LogP contribution in [0, 0.1) is 0 Å². The molecule has 0 radical (unpaired) electrons. The molecule has 3 aromatic carbocycles. The van der Waals surface area contributed by atoms with Crippen molar-refractivity contribution in [2.24, 2.45) is 0 Å². The van der Waals surface area contributed by atoms with Crippen molar-refractivity contribution in [3.8, 4) is 17.2 Å². The summed E-state index contributed by atoms with van der Waals surface area (Å²) in [5.41, 5.74) is 2.94. The molecule has 0 saturated carbocycles. The number of carbonyl (C=O) groups is 2. The average molecular weight is 523 g/mol. The number of ether oxygens (including phenoxy) is 3. The van der Waals surface area contributed by atoms with E-state index in [2.05, 4.69) is 21.2 Å². The third kappa shape index (κ3) is 5.40. The molecule has 0 unspecified atom stereocenters. The minimum Gasteiger partial charge on any atom is -0.493 e. The van der Waals surface area contributed by atoms with Crippen LogP contribution in [0.4, 0.5) is 11.4 Å². The van der Waals surface area contributed by atoms with Crippen LogP contribution in [0.25, 0.3) is 6.08 Å². The normalized spacial score (nSPS) is 12.8. The van der Waals surface area contributed by atoms with Crippen molar-refractivity contribution in [2.75, 3.05) is 31.0 Å². The van der Waals surface area contributed by atoms with E-state index in [0.717, 1.165) is 15.6 Å². The van der Waals surface area contributed by atoms with Crippen LogP contribution in [0.5, 0.6) is 17.2 Å². The molecule has 2 amide bonds. The van der Waals surface area contributed by atoms with Gasteiger partial charge >= 0.3 is 0 Å². The Labute approximate surface area is 206 Å². The third-order valence-electron chi connectivity index (χ3n) is 5.26. The second-order valence-corrected chi connectivity index (χ2v) is 8.43. The molecule has 8 heteroatoms. The minimum absolute atomic E-state index is 0.0245. The van der Waals surface area contributed by atoms with Crippen molar-refractivity contribution in [1.29, 1.82) is 0 Å². The molecular formula is C26H23BrN2O5. The molecule has 34 heavy (non-hydrogen) atoms. The summed E-state index contributed by atoms with van der Waals surface area (Å²) < 4.78 is 17.1. The van der Waals surface area contributed by atoms with Gasteiger partial charge in [0.25, 0.3) is 5.91 Å². The van der Waals surface area contributed by atoms with Crippen LogP contribution in [-0.4, -0.2) is 32.6 Å². The quantitative estimate of drug-likeness (QED) is 0.439. The zero-order valence-electron chi connectivity index (χ0n) is 18.7. The van der Waals surface area contributed by atoms with Crippen LogP contribution in [0.2, 0.25) is 0 Å². The van der Waals surface area contributed by atoms with E-state index in [4.69, 9.17) is 14.2 Å². The zero-order valence-corrected chi connectivity index (χ0v) is 20.3. The van der Waals surface area contributed by atoms with Crippen LogP contribution in [-0.2, 0) is 16.1 Å². The van der Waals surface area contributed by atoms with Crippen molar-refractivity contribution >= 4 is 45.2 Å². The second kappa shape index (κ2) is 10.4. The summed E-state index contributed by atoms with van der Waals surface area (Å²) in [6.07, 6.45) is 3.12. The fraction of sp³-hybridized carbons (Fsp3) is 0.154. The summed E-state index contributed by atoms with van der Waals surface area (Å²) in [6.45, 7) is 0.377. The van der Waals surface area contributed by atoms with E-state index in [0.29, 0.717) is 35.2 Å². The Balaban J connectivity index is 1.50. The van der Waals surface area contributed by atoms with E-state index >= 15 is 0 Å². The highest BCUT2D eigenvalue weighted by molar-refractivity contribution is 9.10. The predicted molar refractivity (Wildman–Crippen MR) is 134 cm³/mol. The Bertz CT molecular complexity index is 1240. The van der Waals surface area contributed by atoms with Crippen molar-refractivity contribution in [2.45, 2.75) is 6.54 Å². The fourth-order valence-corrected chi connectivity index (χ4v) is 3.80. The molecule has 0 atom stereocenters. The highest BCUT2D eigenvalue weighted by Crippen LogP contribution is 2.35. The number of rotatable bonds is 7. The number of halogens is 1. The monoisotopic (exact) mass is 522 g/mol. The molecule has 174 valence electrons. The number of nitrogens with one attached hydrogen (secondary N) is 1. The maximum Gasteiger partial charge on any atom is 0.265 e. The molecule has 0 spiro atoms. The van der Waals surface area contributed by atoms with Gasteiger partial charge in [-0.1, -0.05) is 34.1 Å². The number of nitrogens with zero attached hydrogens (tertiary/aromatic N) is 1. The zero-order chi connectivity index (χ0) is 24.1. The predicted octanol–water partition coefficient (Wildman–Crippen LogP) is 5.04. The fourth-order valence-electron chi connectivity index (χ4n) is 3.54. The number of methoxy groups -OCH3 is 2. The lowest BCUT2D eigenvalue weighted by Crippen LogP contribution is -2.38. The van der Waals surface area contributed by atoms with E-state index in [9.17, 15) is 9.59 Å². The van der Waals surface area contributed by atoms with Crippen molar-refractivity contribution in [3.05, 3.63) is 82.3 Å². The topological polar surface area (TPSA) is 77.1 Å². The van der Waals surface area contributed by atoms with Crippen molar-refractivity contribution < 1.29 is 23.8 Å². The van der Waals surface area contributed by atoms with Gasteiger partial charge in [0.15, 0.2) is 18.1 Å². The van der Waals surface area contributed by atoms with Gasteiger partial charge in [0, 0.05) is 16.2 Å². The summed E-state index contributed by atoms with van der Waals surface area (Å²) >= 11 is 3.42. The summed E-state index contributed by atoms with van der Waals surface area (Å²) in [7, 11) is 3.13. The maximum atomic E-state index is 12.6. The molecule has 0 fully saturated rings. The standard InChI is InChI=1S/C26H23BrN2O5/c1-32-23-10-5-17(13-24(23)33-2)6-12-25(30)28-20-9-11-22-21(14-20)29(26(31)16-34-22)15-18-3-7-19(27)8-4-18/h3-14H,15-16H2,1-2H3,(H,28,30)/b12-6+. The van der Waals surface area contributed by atoms with Gasteiger partial charge in [-0.05, 0) is 59.7 Å². The lowest BCUT2D eigenvalue weighted by molar-refractivity contribution is -0.121. The molecule has 1 N–H and O–H groups in total. The second-order valence-electron chi connectivity index (χ2n) is 7.51. The summed E-state index contributed by atoms with van der Waals surface area (Å²) in [5.74, 6) is 1.33. The van der Waals surface area contributed by atoms with E-state index < -0.39 is 0 Å². The Morgan fingerprint density at radius 3 is 2.56 bits per heavy atom. The lowest BCUT2D eigenvalue weighted by atomic mass is 10.1. The Kier molecular flexibility index (Phi) is 7.18. The number of benzene rings is 3. The Morgan fingerprint density at radius 1 is 1.06 bits per heavy atom. The minimum atomic E-state index is -0.308. The van der Waals surface area contributed by atoms with Gasteiger partial charge in [0.2, 0.25) is 5.91 Å². The first-order valence-corrected chi connectivity index (χ1v) is 11.3. The van der Waals surface area contributed by atoms with Gasteiger partial charge in [0.05, 0.1) is 26.5 Å². The molecule has 1 heterocycles. The van der Waals surface area contributed by atoms with Gasteiger partial charge < -0.3 is 24.4 Å². The van der Waals surface area contributed by atoms with Gasteiger partial charge in [-0.25, -0.2) is 0 Å². The molecule has 0 bridgehead atoms. The van der Waals surface area contributed by atoms with Crippen LogP contribution in [0.15, 0.2) is 71.2 Å². The summed E-state index contributed by atoms with van der Waals surface area (Å²) in [4.78, 5) is 26.8. The van der Waals surface area contributed by atoms with Gasteiger partial charge in [-0.2, -0.15) is 0 Å². The van der Waals surface area contributed by atoms with Gasteiger partial charge in [0.1, 0.15) is 5.75 Å². The largest absolute Gasteiger partial charge is 0.493 e. The molecule has 7 nitrogen and oxygen atoms in total. The first-order chi connectivity index (χ1) is 16.5. The number of anilines is 2. The first kappa shape index (κ1) is 23.4. The molecule has 0 saturated heterocycles. The van der Waals surface area contributed by atoms with Crippen LogP contribution >= 0.6 is 15.9 Å². The average Bonchev–Trinajstić information content (AvgIpc) is 2.85. The van der Waals surface area contributed by atoms with Gasteiger partial charge in [-0.3, -0.25) is 9.59 Å². The van der Waals surface area contributed by atoms with Crippen LogP contribution < -0.4 is 24.4 Å². The summed E-state index contributed by atoms with van der Waals surface area (Å²) in [6, 6.07) is 18.4. The highest BCUT2D eigenvalue weighted by Gasteiger charge is 2.26. The molecule has 0 aliphatic carbocycles. The number of hydrogen-bond donors (Lipinski definition) is 1. The van der Waals surface area contributed by atoms with E-state index in [1.165, 1.54) is 6.08 Å². The molecular weight excluding hydrogens is 500 g/mol. The molecule has 1 aliphatic rings. The number of amides is 2. The van der Waals surface area contributed by atoms with E-state index in [1.54, 1.807) is 55.5 Å².